The fraction of sp³-hybridized carbons (Fsp3) is 0.417. The van der Waals surface area contributed by atoms with Crippen LogP contribution in [0, 0.1) is 0 Å². The number of nitrogens with one attached hydrogen (secondary N) is 1. The summed E-state index contributed by atoms with van der Waals surface area (Å²) >= 11 is 8.72. The molecule has 1 unspecified atom stereocenters. The summed E-state index contributed by atoms with van der Waals surface area (Å²) in [5.74, 6) is 0.748. The van der Waals surface area contributed by atoms with E-state index >= 15 is 0 Å². The second kappa shape index (κ2) is 7.45. The summed E-state index contributed by atoms with van der Waals surface area (Å²) in [6, 6.07) is 3.25. The maximum Gasteiger partial charge on any atom is 0.408 e. The quantitative estimate of drug-likeness (QED) is 0.799. The number of alkyl halides is 1. The molecule has 0 aliphatic carbocycles. The summed E-state index contributed by atoms with van der Waals surface area (Å²) in [5, 5.41) is 12.2. The van der Waals surface area contributed by atoms with Crippen molar-refractivity contribution in [3.05, 3.63) is 22.2 Å². The van der Waals surface area contributed by atoms with Gasteiger partial charge in [-0.1, -0.05) is 11.6 Å². The fourth-order valence-corrected chi connectivity index (χ4v) is 1.86. The molecule has 1 atom stereocenters. The largest absolute Gasteiger partial charge is 0.507 e. The second-order valence-electron chi connectivity index (χ2n) is 3.74. The third-order valence-electron chi connectivity index (χ3n) is 2.28. The van der Waals surface area contributed by atoms with Gasteiger partial charge in [-0.25, -0.2) is 4.79 Å². The van der Waals surface area contributed by atoms with Gasteiger partial charge in [0.25, 0.3) is 0 Å². The molecule has 0 aliphatic rings. The topological polar surface area (TPSA) is 67.8 Å². The normalized spacial score (nSPS) is 11.8. The van der Waals surface area contributed by atoms with Crippen molar-refractivity contribution in [2.75, 3.05) is 13.7 Å². The minimum absolute atomic E-state index is 0.118. The van der Waals surface area contributed by atoms with Crippen molar-refractivity contribution in [2.45, 2.75) is 18.9 Å². The molecular formula is C12H15BrClNO4. The van der Waals surface area contributed by atoms with Crippen LogP contribution in [0.25, 0.3) is 0 Å². The molecule has 0 aromatic heterocycles. The Labute approximate surface area is 125 Å². The van der Waals surface area contributed by atoms with E-state index in [-0.39, 0.29) is 5.75 Å². The third-order valence-corrected chi connectivity index (χ3v) is 3.01. The zero-order chi connectivity index (χ0) is 14.4. The van der Waals surface area contributed by atoms with Gasteiger partial charge in [0, 0.05) is 6.54 Å². The van der Waals surface area contributed by atoms with E-state index in [2.05, 4.69) is 21.2 Å². The first kappa shape index (κ1) is 15.9. The Kier molecular flexibility index (Phi) is 6.24. The molecule has 2 N–H and O–H groups in total. The van der Waals surface area contributed by atoms with Crippen molar-refractivity contribution >= 4 is 33.6 Å². The summed E-state index contributed by atoms with van der Waals surface area (Å²) in [4.78, 5) is 11.2. The molecule has 5 nitrogen and oxygen atoms in total. The van der Waals surface area contributed by atoms with E-state index in [0.29, 0.717) is 23.2 Å². The molecule has 0 spiro atoms. The summed E-state index contributed by atoms with van der Waals surface area (Å²) in [7, 11) is 1.54. The lowest BCUT2D eigenvalue weighted by Gasteiger charge is -2.11. The summed E-state index contributed by atoms with van der Waals surface area (Å²) in [5.41, 5.74) is 0.105. The van der Waals surface area contributed by atoms with Crippen LogP contribution >= 0.6 is 27.5 Å². The van der Waals surface area contributed by atoms with Gasteiger partial charge in [-0.05, 0) is 47.0 Å². The molecule has 0 fully saturated rings. The number of aromatic hydroxyl groups is 1. The molecule has 1 amide bonds. The van der Waals surface area contributed by atoms with E-state index in [1.54, 1.807) is 26.2 Å². The number of hydrogen-bond acceptors (Lipinski definition) is 4. The van der Waals surface area contributed by atoms with Gasteiger partial charge in [0.05, 0.1) is 11.6 Å². The zero-order valence-corrected chi connectivity index (χ0v) is 12.9. The molecule has 0 radical (unpaired) electrons. The van der Waals surface area contributed by atoms with Crippen molar-refractivity contribution in [3.63, 3.8) is 0 Å². The Morgan fingerprint density at radius 3 is 2.84 bits per heavy atom. The maximum absolute atomic E-state index is 11.2. The van der Waals surface area contributed by atoms with Gasteiger partial charge < -0.3 is 19.9 Å². The molecule has 1 rings (SSSR count). The molecule has 0 heterocycles. The highest BCUT2D eigenvalue weighted by atomic mass is 79.9. The molecule has 19 heavy (non-hydrogen) atoms. The number of phenolic OH excluding ortho intramolecular Hbond substituents is 1. The molecular weight excluding hydrogens is 337 g/mol. The number of alkyl carbamates (subject to hydrolysis) is 1. The highest BCUT2D eigenvalue weighted by Gasteiger charge is 2.10. The smallest absolute Gasteiger partial charge is 0.408 e. The summed E-state index contributed by atoms with van der Waals surface area (Å²) in [6.45, 7) is 1.90. The van der Waals surface area contributed by atoms with Gasteiger partial charge in [0.2, 0.25) is 0 Å². The van der Waals surface area contributed by atoms with Crippen molar-refractivity contribution in [3.8, 4) is 11.5 Å². The van der Waals surface area contributed by atoms with Crippen LogP contribution in [0.1, 0.15) is 12.5 Å². The number of amides is 1. The predicted molar refractivity (Wildman–Crippen MR) is 75.9 cm³/mol. The van der Waals surface area contributed by atoms with E-state index in [1.165, 1.54) is 0 Å². The molecule has 7 heteroatoms. The number of phenols is 1. The number of ether oxygens (including phenoxy) is 2. The molecule has 0 aliphatic heterocycles. The SMILES string of the molecule is COc1cc(Br)c(O)cc1CCNC(=O)OC(C)Cl. The minimum atomic E-state index is -0.675. The Morgan fingerprint density at radius 2 is 2.26 bits per heavy atom. The number of halogens is 2. The van der Waals surface area contributed by atoms with E-state index in [1.807, 2.05) is 0 Å². The Morgan fingerprint density at radius 1 is 1.58 bits per heavy atom. The first-order valence-electron chi connectivity index (χ1n) is 5.58. The van der Waals surface area contributed by atoms with Gasteiger partial charge in [0.1, 0.15) is 11.5 Å². The molecule has 0 saturated heterocycles. The first-order chi connectivity index (χ1) is 8.93. The lowest BCUT2D eigenvalue weighted by molar-refractivity contribution is 0.139. The average Bonchev–Trinajstić information content (AvgIpc) is 2.32. The van der Waals surface area contributed by atoms with Gasteiger partial charge in [-0.15, -0.1) is 0 Å². The number of rotatable bonds is 5. The maximum atomic E-state index is 11.2. The van der Waals surface area contributed by atoms with E-state index < -0.39 is 11.7 Å². The number of carbonyl (C=O) groups is 1. The van der Waals surface area contributed by atoms with Crippen LogP contribution in [0.5, 0.6) is 11.5 Å². The number of carbonyl (C=O) groups excluding carboxylic acids is 1. The fourth-order valence-electron chi connectivity index (χ4n) is 1.46. The predicted octanol–water partition coefficient (Wildman–Crippen LogP) is 3.02. The zero-order valence-electron chi connectivity index (χ0n) is 10.6. The van der Waals surface area contributed by atoms with Gasteiger partial charge in [0.15, 0.2) is 5.56 Å². The van der Waals surface area contributed by atoms with Crippen molar-refractivity contribution in [1.29, 1.82) is 0 Å². The molecule has 1 aromatic rings. The Bertz CT molecular complexity index is 454. The summed E-state index contributed by atoms with van der Waals surface area (Å²) in [6.07, 6.45) is -0.0849. The Balaban J connectivity index is 2.58. The molecule has 0 saturated carbocycles. The standard InChI is InChI=1S/C12H15BrClNO4/c1-7(14)19-12(17)15-4-3-8-5-10(16)9(13)6-11(8)18-2/h5-7,16H,3-4H2,1-2H3,(H,15,17). The van der Waals surface area contributed by atoms with Gasteiger partial charge in [-0.3, -0.25) is 0 Å². The minimum Gasteiger partial charge on any atom is -0.507 e. The Hall–Kier alpha value is -1.14. The van der Waals surface area contributed by atoms with Crippen molar-refractivity contribution in [2.24, 2.45) is 0 Å². The average molecular weight is 353 g/mol. The van der Waals surface area contributed by atoms with Gasteiger partial charge in [-0.2, -0.15) is 0 Å². The van der Waals surface area contributed by atoms with Crippen LogP contribution in [0.3, 0.4) is 0 Å². The molecule has 0 bridgehead atoms. The second-order valence-corrected chi connectivity index (χ2v) is 5.21. The monoisotopic (exact) mass is 351 g/mol. The van der Waals surface area contributed by atoms with E-state index in [4.69, 9.17) is 21.1 Å². The van der Waals surface area contributed by atoms with Crippen LogP contribution < -0.4 is 10.1 Å². The highest BCUT2D eigenvalue weighted by Crippen LogP contribution is 2.31. The van der Waals surface area contributed by atoms with E-state index in [0.717, 1.165) is 5.56 Å². The van der Waals surface area contributed by atoms with Crippen LogP contribution in [-0.4, -0.2) is 30.4 Å². The van der Waals surface area contributed by atoms with Crippen molar-refractivity contribution < 1.29 is 19.4 Å². The van der Waals surface area contributed by atoms with Crippen LogP contribution in [0.4, 0.5) is 4.79 Å². The lowest BCUT2D eigenvalue weighted by atomic mass is 10.1. The van der Waals surface area contributed by atoms with Gasteiger partial charge >= 0.3 is 6.09 Å². The van der Waals surface area contributed by atoms with Crippen LogP contribution in [0.2, 0.25) is 0 Å². The number of methoxy groups -OCH3 is 1. The molecule has 106 valence electrons. The first-order valence-corrected chi connectivity index (χ1v) is 6.81. The van der Waals surface area contributed by atoms with Crippen LogP contribution in [-0.2, 0) is 11.2 Å². The lowest BCUT2D eigenvalue weighted by Crippen LogP contribution is -2.28. The van der Waals surface area contributed by atoms with Crippen LogP contribution in [0.15, 0.2) is 16.6 Å². The molecule has 1 aromatic carbocycles. The number of benzene rings is 1. The van der Waals surface area contributed by atoms with E-state index in [9.17, 15) is 9.90 Å². The summed E-state index contributed by atoms with van der Waals surface area (Å²) < 4.78 is 10.5. The highest BCUT2D eigenvalue weighted by molar-refractivity contribution is 9.10. The number of hydrogen-bond donors (Lipinski definition) is 2. The van der Waals surface area contributed by atoms with Crippen molar-refractivity contribution in [1.82, 2.24) is 5.32 Å². The third kappa shape index (κ3) is 5.16.